The van der Waals surface area contributed by atoms with E-state index in [2.05, 4.69) is 4.99 Å². The molecule has 8 heavy (non-hydrogen) atoms. The maximum atomic E-state index is 8.48. The maximum Gasteiger partial charge on any atom is 0.279 e. The highest BCUT2D eigenvalue weighted by atomic mass is 16.3. The summed E-state index contributed by atoms with van der Waals surface area (Å²) < 4.78 is 0. The Morgan fingerprint density at radius 3 is 2.75 bits per heavy atom. The van der Waals surface area contributed by atoms with Gasteiger partial charge < -0.3 is 5.11 Å². The zero-order valence-electron chi connectivity index (χ0n) is 4.41. The van der Waals surface area contributed by atoms with Crippen molar-refractivity contribution in [1.29, 1.82) is 0 Å². The highest BCUT2D eigenvalue weighted by Crippen LogP contribution is 1.83. The fourth-order valence-corrected chi connectivity index (χ4v) is 0.492. The van der Waals surface area contributed by atoms with Crippen molar-refractivity contribution in [2.45, 2.75) is 0 Å². The Kier molecular flexibility index (Phi) is 1.59. The molecule has 1 N–H and O–H groups in total. The number of hydrogen-bond donors (Lipinski definition) is 1. The molecular formula is C6H7NO+. The minimum Gasteiger partial charge on any atom is -0.385 e. The van der Waals surface area contributed by atoms with Crippen LogP contribution in [0.3, 0.4) is 0 Å². The van der Waals surface area contributed by atoms with Crippen LogP contribution in [0.25, 0.3) is 0 Å². The number of aliphatic hydroxyl groups is 1. The molecule has 0 aromatic rings. The molecule has 0 atom stereocenters. The summed E-state index contributed by atoms with van der Waals surface area (Å²) in [6.45, 7) is 0.0286. The van der Waals surface area contributed by atoms with E-state index < -0.39 is 0 Å². The molecule has 0 unspecified atom stereocenters. The molecule has 1 heterocycles. The van der Waals surface area contributed by atoms with Gasteiger partial charge in [-0.05, 0) is 6.08 Å². The number of hydrogen-bond acceptors (Lipinski definition) is 2. The van der Waals surface area contributed by atoms with Crippen LogP contribution >= 0.6 is 0 Å². The van der Waals surface area contributed by atoms with Gasteiger partial charge in [0.15, 0.2) is 0 Å². The third kappa shape index (κ3) is 1.04. The van der Waals surface area contributed by atoms with Gasteiger partial charge in [-0.15, -0.1) is 0 Å². The molecule has 1 aliphatic rings. The van der Waals surface area contributed by atoms with Gasteiger partial charge in [0.05, 0.1) is 4.99 Å². The van der Waals surface area contributed by atoms with Gasteiger partial charge in [-0.3, -0.25) is 0 Å². The minimum atomic E-state index is 0.0286. The van der Waals surface area contributed by atoms with Crippen molar-refractivity contribution < 1.29 is 5.11 Å². The average molecular weight is 109 g/mol. The summed E-state index contributed by atoms with van der Waals surface area (Å²) in [4.78, 5) is 3.85. The molecule has 1 rings (SSSR count). The first-order valence-corrected chi connectivity index (χ1v) is 2.44. The summed E-state index contributed by atoms with van der Waals surface area (Å²) in [7, 11) is 0. The first kappa shape index (κ1) is 5.25. The third-order valence-electron chi connectivity index (χ3n) is 0.888. The van der Waals surface area contributed by atoms with Crippen LogP contribution in [0.2, 0.25) is 0 Å². The fourth-order valence-electron chi connectivity index (χ4n) is 0.492. The van der Waals surface area contributed by atoms with Crippen LogP contribution in [-0.4, -0.2) is 17.4 Å². The van der Waals surface area contributed by atoms with Crippen LogP contribution in [0.4, 0.5) is 0 Å². The summed E-state index contributed by atoms with van der Waals surface area (Å²) in [6, 6.07) is 0. The highest BCUT2D eigenvalue weighted by molar-refractivity contribution is 5.96. The van der Waals surface area contributed by atoms with E-state index in [4.69, 9.17) is 5.11 Å². The summed E-state index contributed by atoms with van der Waals surface area (Å²) in [6.07, 6.45) is 7.10. The van der Waals surface area contributed by atoms with E-state index in [1.54, 1.807) is 12.3 Å². The Bertz CT molecular complexity index is 156. The van der Waals surface area contributed by atoms with Crippen molar-refractivity contribution in [3.8, 4) is 0 Å². The lowest BCUT2D eigenvalue weighted by Gasteiger charge is -1.80. The predicted octanol–water partition coefficient (Wildman–Crippen LogP) is -0.161. The van der Waals surface area contributed by atoms with E-state index in [0.717, 1.165) is 0 Å². The minimum absolute atomic E-state index is 0.0286. The van der Waals surface area contributed by atoms with Crippen LogP contribution in [-0.2, 0) is 0 Å². The second kappa shape index (κ2) is 2.43. The summed E-state index contributed by atoms with van der Waals surface area (Å²) in [5, 5.41) is 8.48. The lowest BCUT2D eigenvalue weighted by atomic mass is 10.3. The van der Waals surface area contributed by atoms with E-state index in [1.165, 1.54) is 0 Å². The fraction of sp³-hybridized carbons (Fsp3) is 0.167. The monoisotopic (exact) mass is 109 g/mol. The Hall–Kier alpha value is -0.890. The van der Waals surface area contributed by atoms with Gasteiger partial charge in [-0.25, -0.2) is 0 Å². The largest absolute Gasteiger partial charge is 0.385 e. The molecule has 0 spiro atoms. The quantitative estimate of drug-likeness (QED) is 0.498. The van der Waals surface area contributed by atoms with Crippen molar-refractivity contribution >= 4 is 5.71 Å². The van der Waals surface area contributed by atoms with E-state index in [-0.39, 0.29) is 6.61 Å². The van der Waals surface area contributed by atoms with Gasteiger partial charge in [0.1, 0.15) is 6.61 Å². The Morgan fingerprint density at radius 1 is 1.50 bits per heavy atom. The molecule has 41 valence electrons. The van der Waals surface area contributed by atoms with Crippen molar-refractivity contribution in [3.63, 3.8) is 0 Å². The second-order valence-electron chi connectivity index (χ2n) is 1.48. The predicted molar refractivity (Wildman–Crippen MR) is 32.5 cm³/mol. The molecule has 0 saturated carbocycles. The van der Waals surface area contributed by atoms with E-state index in [1.807, 2.05) is 12.2 Å². The average Bonchev–Trinajstić information content (AvgIpc) is 1.90. The molecule has 0 saturated heterocycles. The summed E-state index contributed by atoms with van der Waals surface area (Å²) >= 11 is 0. The standard InChI is InChI=1S/C6H7NO/c8-5-6-3-1-2-4-7-6/h1-4,8H,5H2/q+1. The van der Waals surface area contributed by atoms with Crippen LogP contribution < -0.4 is 4.99 Å². The second-order valence-corrected chi connectivity index (χ2v) is 1.48. The molecule has 0 aliphatic carbocycles. The van der Waals surface area contributed by atoms with Crippen molar-refractivity contribution in [1.82, 2.24) is 4.99 Å². The number of rotatable bonds is 1. The Balaban J connectivity index is 2.68. The molecule has 2 nitrogen and oxygen atoms in total. The van der Waals surface area contributed by atoms with Crippen LogP contribution in [0.5, 0.6) is 0 Å². The van der Waals surface area contributed by atoms with Gasteiger partial charge in [-0.2, -0.15) is 0 Å². The summed E-state index contributed by atoms with van der Waals surface area (Å²) in [5.74, 6) is 0. The van der Waals surface area contributed by atoms with Gasteiger partial charge in [-0.1, -0.05) is 0 Å². The molecule has 2 heteroatoms. The van der Waals surface area contributed by atoms with Crippen molar-refractivity contribution in [2.24, 2.45) is 0 Å². The van der Waals surface area contributed by atoms with Gasteiger partial charge in [0.2, 0.25) is 6.20 Å². The Morgan fingerprint density at radius 2 is 2.38 bits per heavy atom. The van der Waals surface area contributed by atoms with E-state index in [0.29, 0.717) is 5.71 Å². The summed E-state index contributed by atoms with van der Waals surface area (Å²) in [5.41, 5.74) is 0.715. The molecule has 0 bridgehead atoms. The first-order chi connectivity index (χ1) is 3.93. The van der Waals surface area contributed by atoms with Crippen molar-refractivity contribution in [2.75, 3.05) is 6.61 Å². The van der Waals surface area contributed by atoms with Gasteiger partial charge in [0, 0.05) is 12.2 Å². The normalized spacial score (nSPS) is 16.4. The van der Waals surface area contributed by atoms with E-state index in [9.17, 15) is 0 Å². The Labute approximate surface area is 47.9 Å². The molecular weight excluding hydrogens is 102 g/mol. The van der Waals surface area contributed by atoms with Gasteiger partial charge >= 0.3 is 0 Å². The molecule has 0 amide bonds. The molecule has 0 aromatic heterocycles. The van der Waals surface area contributed by atoms with Crippen LogP contribution in [0.15, 0.2) is 24.4 Å². The SMILES string of the molecule is OCC1=[N+]C=CC=C1. The topological polar surface area (TPSA) is 34.3 Å². The highest BCUT2D eigenvalue weighted by Gasteiger charge is 2.03. The number of aliphatic hydroxyl groups excluding tert-OH is 1. The third-order valence-corrected chi connectivity index (χ3v) is 0.888. The smallest absolute Gasteiger partial charge is 0.279 e. The van der Waals surface area contributed by atoms with Crippen LogP contribution in [0, 0.1) is 0 Å². The van der Waals surface area contributed by atoms with Gasteiger partial charge in [0.25, 0.3) is 5.71 Å². The first-order valence-electron chi connectivity index (χ1n) is 2.44. The van der Waals surface area contributed by atoms with Crippen molar-refractivity contribution in [3.05, 3.63) is 24.4 Å². The van der Waals surface area contributed by atoms with Crippen LogP contribution in [0.1, 0.15) is 0 Å². The number of aliphatic imine (C=N–C) groups is 1. The lowest BCUT2D eigenvalue weighted by Crippen LogP contribution is -2.07. The molecule has 0 fully saturated rings. The zero-order chi connectivity index (χ0) is 5.82. The molecule has 1 aliphatic heterocycles. The van der Waals surface area contributed by atoms with E-state index >= 15 is 0 Å². The molecule has 0 aromatic carbocycles. The number of allylic oxidation sites excluding steroid dienone is 2. The maximum absolute atomic E-state index is 8.48. The molecule has 1 radical (unpaired) electrons. The lowest BCUT2D eigenvalue weighted by molar-refractivity contribution is 0.357. The zero-order valence-corrected chi connectivity index (χ0v) is 4.41. The number of nitrogens with zero attached hydrogens (tertiary/aromatic N) is 1.